The number of hydrogen-bond donors (Lipinski definition) is 0. The Labute approximate surface area is 68.3 Å². The van der Waals surface area contributed by atoms with E-state index in [2.05, 4.69) is 9.89 Å². The molecule has 0 aromatic heterocycles. The van der Waals surface area contributed by atoms with Gasteiger partial charge in [-0.1, -0.05) is 12.8 Å². The largest absolute Gasteiger partial charge is 0.361 e. The molecule has 2 heteroatoms. The Morgan fingerprint density at radius 1 is 1.36 bits per heavy atom. The standard InChI is InChI=1S/C9H16N2/c1-2-4-9(3-1)7-11-6-5-10-8-11/h8-9H,1-7H2. The second kappa shape index (κ2) is 3.24. The van der Waals surface area contributed by atoms with E-state index in [0.29, 0.717) is 0 Å². The van der Waals surface area contributed by atoms with Crippen molar-refractivity contribution in [3.63, 3.8) is 0 Å². The number of aliphatic imine (C=N–C) groups is 1. The van der Waals surface area contributed by atoms with Gasteiger partial charge in [-0.05, 0) is 18.8 Å². The maximum atomic E-state index is 4.21. The minimum Gasteiger partial charge on any atom is -0.361 e. The zero-order valence-corrected chi connectivity index (χ0v) is 7.00. The molecular weight excluding hydrogens is 136 g/mol. The fourth-order valence-corrected chi connectivity index (χ4v) is 2.08. The molecule has 0 saturated heterocycles. The summed E-state index contributed by atoms with van der Waals surface area (Å²) in [7, 11) is 0. The molecule has 0 N–H and O–H groups in total. The van der Waals surface area contributed by atoms with Crippen molar-refractivity contribution in [2.45, 2.75) is 25.7 Å². The Balaban J connectivity index is 1.75. The Hall–Kier alpha value is -0.530. The van der Waals surface area contributed by atoms with Crippen LogP contribution in [0.3, 0.4) is 0 Å². The third-order valence-electron chi connectivity index (χ3n) is 2.73. The lowest BCUT2D eigenvalue weighted by Gasteiger charge is -2.18. The van der Waals surface area contributed by atoms with Crippen LogP contribution in [0.2, 0.25) is 0 Å². The molecule has 1 aliphatic carbocycles. The second-order valence-electron chi connectivity index (χ2n) is 3.67. The van der Waals surface area contributed by atoms with Crippen LogP contribution in [-0.2, 0) is 0 Å². The van der Waals surface area contributed by atoms with E-state index in [1.807, 2.05) is 6.34 Å². The van der Waals surface area contributed by atoms with Crippen molar-refractivity contribution in [3.05, 3.63) is 0 Å². The van der Waals surface area contributed by atoms with Gasteiger partial charge in [-0.25, -0.2) is 0 Å². The Morgan fingerprint density at radius 2 is 2.18 bits per heavy atom. The van der Waals surface area contributed by atoms with Crippen LogP contribution < -0.4 is 0 Å². The molecule has 11 heavy (non-hydrogen) atoms. The van der Waals surface area contributed by atoms with Crippen molar-refractivity contribution >= 4 is 6.34 Å². The van der Waals surface area contributed by atoms with E-state index in [4.69, 9.17) is 0 Å². The molecule has 0 atom stereocenters. The first kappa shape index (κ1) is 7.14. The van der Waals surface area contributed by atoms with E-state index in [-0.39, 0.29) is 0 Å². The first-order chi connectivity index (χ1) is 5.45. The number of nitrogens with zero attached hydrogens (tertiary/aromatic N) is 2. The second-order valence-corrected chi connectivity index (χ2v) is 3.67. The highest BCUT2D eigenvalue weighted by Crippen LogP contribution is 2.25. The van der Waals surface area contributed by atoms with Gasteiger partial charge in [0.05, 0.1) is 12.9 Å². The smallest absolute Gasteiger partial charge is 0.0851 e. The van der Waals surface area contributed by atoms with Gasteiger partial charge in [0.1, 0.15) is 0 Å². The number of rotatable bonds is 2. The summed E-state index contributed by atoms with van der Waals surface area (Å²) in [5.74, 6) is 0.972. The highest BCUT2D eigenvalue weighted by molar-refractivity contribution is 5.56. The molecule has 1 heterocycles. The van der Waals surface area contributed by atoms with Gasteiger partial charge in [0.25, 0.3) is 0 Å². The minimum absolute atomic E-state index is 0.972. The number of hydrogen-bond acceptors (Lipinski definition) is 2. The zero-order valence-electron chi connectivity index (χ0n) is 7.00. The summed E-state index contributed by atoms with van der Waals surface area (Å²) >= 11 is 0. The predicted molar refractivity (Wildman–Crippen MR) is 46.9 cm³/mol. The van der Waals surface area contributed by atoms with Gasteiger partial charge in [0, 0.05) is 13.1 Å². The molecule has 0 unspecified atom stereocenters. The monoisotopic (exact) mass is 152 g/mol. The van der Waals surface area contributed by atoms with Crippen LogP contribution >= 0.6 is 0 Å². The van der Waals surface area contributed by atoms with Crippen LogP contribution in [0, 0.1) is 5.92 Å². The van der Waals surface area contributed by atoms with Crippen molar-refractivity contribution in [3.8, 4) is 0 Å². The average molecular weight is 152 g/mol. The molecule has 1 saturated carbocycles. The summed E-state index contributed by atoms with van der Waals surface area (Å²) in [6.07, 6.45) is 7.83. The summed E-state index contributed by atoms with van der Waals surface area (Å²) < 4.78 is 0. The summed E-state index contributed by atoms with van der Waals surface area (Å²) in [5, 5.41) is 0. The molecule has 0 aromatic rings. The average Bonchev–Trinajstić information content (AvgIpc) is 2.60. The highest BCUT2D eigenvalue weighted by Gasteiger charge is 2.17. The van der Waals surface area contributed by atoms with Crippen molar-refractivity contribution in [1.29, 1.82) is 0 Å². The van der Waals surface area contributed by atoms with Gasteiger partial charge in [-0.3, -0.25) is 4.99 Å². The molecule has 2 nitrogen and oxygen atoms in total. The first-order valence-electron chi connectivity index (χ1n) is 4.69. The lowest BCUT2D eigenvalue weighted by Crippen LogP contribution is -2.25. The maximum absolute atomic E-state index is 4.21. The van der Waals surface area contributed by atoms with E-state index in [1.54, 1.807) is 0 Å². The molecule has 2 rings (SSSR count). The first-order valence-corrected chi connectivity index (χ1v) is 4.69. The summed E-state index contributed by atoms with van der Waals surface area (Å²) in [5.41, 5.74) is 0. The van der Waals surface area contributed by atoms with Crippen LogP contribution in [0.25, 0.3) is 0 Å². The lowest BCUT2D eigenvalue weighted by atomic mass is 10.1. The molecule has 0 aromatic carbocycles. The van der Waals surface area contributed by atoms with Crippen molar-refractivity contribution in [1.82, 2.24) is 4.90 Å². The zero-order chi connectivity index (χ0) is 7.52. The fourth-order valence-electron chi connectivity index (χ4n) is 2.08. The topological polar surface area (TPSA) is 15.6 Å². The van der Waals surface area contributed by atoms with Crippen molar-refractivity contribution < 1.29 is 0 Å². The molecule has 1 fully saturated rings. The van der Waals surface area contributed by atoms with Gasteiger partial charge in [0.2, 0.25) is 0 Å². The normalized spacial score (nSPS) is 25.3. The minimum atomic E-state index is 0.972. The molecule has 62 valence electrons. The van der Waals surface area contributed by atoms with Gasteiger partial charge < -0.3 is 4.90 Å². The maximum Gasteiger partial charge on any atom is 0.0851 e. The quantitative estimate of drug-likeness (QED) is 0.585. The van der Waals surface area contributed by atoms with Gasteiger partial charge in [-0.15, -0.1) is 0 Å². The Bertz CT molecular complexity index is 148. The van der Waals surface area contributed by atoms with E-state index in [1.165, 1.54) is 32.2 Å². The van der Waals surface area contributed by atoms with Crippen LogP contribution in [-0.4, -0.2) is 30.9 Å². The van der Waals surface area contributed by atoms with Crippen LogP contribution in [0.15, 0.2) is 4.99 Å². The van der Waals surface area contributed by atoms with Crippen LogP contribution in [0.5, 0.6) is 0 Å². The molecule has 1 aliphatic heterocycles. The van der Waals surface area contributed by atoms with Crippen molar-refractivity contribution in [2.75, 3.05) is 19.6 Å². The van der Waals surface area contributed by atoms with Gasteiger partial charge in [0.15, 0.2) is 0 Å². The van der Waals surface area contributed by atoms with E-state index >= 15 is 0 Å². The molecular formula is C9H16N2. The molecule has 0 radical (unpaired) electrons. The van der Waals surface area contributed by atoms with E-state index < -0.39 is 0 Å². The predicted octanol–water partition coefficient (Wildman–Crippen LogP) is 1.52. The highest BCUT2D eigenvalue weighted by atomic mass is 15.2. The van der Waals surface area contributed by atoms with Crippen LogP contribution in [0.4, 0.5) is 0 Å². The molecule has 2 aliphatic rings. The van der Waals surface area contributed by atoms with E-state index in [9.17, 15) is 0 Å². The van der Waals surface area contributed by atoms with Gasteiger partial charge in [-0.2, -0.15) is 0 Å². The molecule has 0 spiro atoms. The SMILES string of the molecule is C1=NCCN1CC1CCCC1. The molecule has 0 bridgehead atoms. The third-order valence-corrected chi connectivity index (χ3v) is 2.73. The fraction of sp³-hybridized carbons (Fsp3) is 0.889. The summed E-state index contributed by atoms with van der Waals surface area (Å²) in [6, 6.07) is 0. The van der Waals surface area contributed by atoms with Crippen LogP contribution in [0.1, 0.15) is 25.7 Å². The summed E-state index contributed by atoms with van der Waals surface area (Å²) in [6.45, 7) is 3.45. The third kappa shape index (κ3) is 1.73. The lowest BCUT2D eigenvalue weighted by molar-refractivity contribution is 0.370. The molecule has 0 amide bonds. The van der Waals surface area contributed by atoms with Crippen molar-refractivity contribution in [2.24, 2.45) is 10.9 Å². The van der Waals surface area contributed by atoms with Gasteiger partial charge >= 0.3 is 0 Å². The Kier molecular flexibility index (Phi) is 2.11. The Morgan fingerprint density at radius 3 is 2.82 bits per heavy atom. The summed E-state index contributed by atoms with van der Waals surface area (Å²) in [4.78, 5) is 6.58. The van der Waals surface area contributed by atoms with E-state index in [0.717, 1.165) is 19.0 Å².